The number of para-hydroxylation sites is 1. The lowest BCUT2D eigenvalue weighted by Gasteiger charge is -2.02. The van der Waals surface area contributed by atoms with Gasteiger partial charge in [0.05, 0.1) is 27.6 Å². The van der Waals surface area contributed by atoms with Gasteiger partial charge in [-0.3, -0.25) is 4.98 Å². The summed E-state index contributed by atoms with van der Waals surface area (Å²) >= 11 is 0. The summed E-state index contributed by atoms with van der Waals surface area (Å²) in [6.07, 6.45) is 1.77. The van der Waals surface area contributed by atoms with Crippen molar-refractivity contribution in [2.24, 2.45) is 0 Å². The van der Waals surface area contributed by atoms with Gasteiger partial charge in [-0.25, -0.2) is 9.97 Å². The number of aromatic nitrogens is 3. The molecule has 3 aromatic heterocycles. The fourth-order valence-electron chi connectivity index (χ4n) is 2.19. The number of nitrogens with zero attached hydrogens (tertiary/aromatic N) is 3. The van der Waals surface area contributed by atoms with Gasteiger partial charge >= 0.3 is 0 Å². The van der Waals surface area contributed by atoms with Gasteiger partial charge in [0, 0.05) is 11.6 Å². The van der Waals surface area contributed by atoms with E-state index in [1.807, 2.05) is 36.4 Å². The molecule has 0 aliphatic rings. The third-order valence-corrected chi connectivity index (χ3v) is 3.06. The molecule has 4 aromatic rings. The van der Waals surface area contributed by atoms with Crippen LogP contribution in [0.15, 0.2) is 54.7 Å². The second kappa shape index (κ2) is 3.47. The molecule has 3 heterocycles. The maximum Gasteiger partial charge on any atom is 0.0916 e. The van der Waals surface area contributed by atoms with Gasteiger partial charge in [-0.15, -0.1) is 0 Å². The first-order chi connectivity index (χ1) is 8.90. The topological polar surface area (TPSA) is 38.7 Å². The van der Waals surface area contributed by atoms with Crippen LogP contribution < -0.4 is 0 Å². The van der Waals surface area contributed by atoms with E-state index in [0.29, 0.717) is 0 Å². The summed E-state index contributed by atoms with van der Waals surface area (Å²) in [5.74, 6) is 0. The van der Waals surface area contributed by atoms with Crippen LogP contribution in [0.2, 0.25) is 0 Å². The third-order valence-electron chi connectivity index (χ3n) is 3.06. The molecule has 0 spiro atoms. The summed E-state index contributed by atoms with van der Waals surface area (Å²) < 4.78 is 0. The Labute approximate surface area is 103 Å². The van der Waals surface area contributed by atoms with Gasteiger partial charge < -0.3 is 0 Å². The van der Waals surface area contributed by atoms with Crippen molar-refractivity contribution in [2.75, 3.05) is 0 Å². The zero-order chi connectivity index (χ0) is 11.9. The highest BCUT2D eigenvalue weighted by Gasteiger charge is 2.03. The molecule has 0 radical (unpaired) electrons. The molecule has 0 unspecified atom stereocenters. The summed E-state index contributed by atoms with van der Waals surface area (Å²) in [6.45, 7) is 0. The SMILES string of the molecule is c1ccc2nc3cc4ncccc4nc3cc2c1. The van der Waals surface area contributed by atoms with E-state index < -0.39 is 0 Å². The molecule has 0 aliphatic heterocycles. The summed E-state index contributed by atoms with van der Waals surface area (Å²) in [4.78, 5) is 13.5. The van der Waals surface area contributed by atoms with E-state index in [1.165, 1.54) is 0 Å². The zero-order valence-electron chi connectivity index (χ0n) is 9.54. The zero-order valence-corrected chi connectivity index (χ0v) is 9.54. The van der Waals surface area contributed by atoms with E-state index in [4.69, 9.17) is 0 Å². The quantitative estimate of drug-likeness (QED) is 0.436. The normalized spacial score (nSPS) is 11.3. The summed E-state index contributed by atoms with van der Waals surface area (Å²) in [5, 5.41) is 1.11. The number of hydrogen-bond donors (Lipinski definition) is 0. The Hall–Kier alpha value is -2.55. The molecule has 0 N–H and O–H groups in total. The average molecular weight is 231 g/mol. The summed E-state index contributed by atoms with van der Waals surface area (Å²) in [5.41, 5.74) is 4.58. The molecule has 0 aliphatic carbocycles. The highest BCUT2D eigenvalue weighted by Crippen LogP contribution is 2.20. The van der Waals surface area contributed by atoms with Crippen molar-refractivity contribution in [3.05, 3.63) is 54.7 Å². The van der Waals surface area contributed by atoms with Crippen LogP contribution in [-0.4, -0.2) is 15.0 Å². The maximum atomic E-state index is 4.63. The first-order valence-electron chi connectivity index (χ1n) is 5.81. The highest BCUT2D eigenvalue weighted by molar-refractivity contribution is 5.95. The molecule has 0 saturated carbocycles. The molecular formula is C15H9N3. The molecule has 1 aromatic carbocycles. The van der Waals surface area contributed by atoms with E-state index in [1.54, 1.807) is 6.20 Å². The van der Waals surface area contributed by atoms with E-state index in [0.717, 1.165) is 33.0 Å². The van der Waals surface area contributed by atoms with Gasteiger partial charge in [0.1, 0.15) is 0 Å². The molecule has 3 heteroatoms. The van der Waals surface area contributed by atoms with E-state index in [2.05, 4.69) is 27.1 Å². The fraction of sp³-hybridized carbons (Fsp3) is 0. The maximum absolute atomic E-state index is 4.63. The minimum Gasteiger partial charge on any atom is -0.255 e. The molecular weight excluding hydrogens is 222 g/mol. The first kappa shape index (κ1) is 9.48. The number of hydrogen-bond acceptors (Lipinski definition) is 3. The number of benzene rings is 1. The smallest absolute Gasteiger partial charge is 0.0916 e. The predicted molar refractivity (Wildman–Crippen MR) is 72.3 cm³/mol. The first-order valence-corrected chi connectivity index (χ1v) is 5.81. The second-order valence-corrected chi connectivity index (χ2v) is 4.25. The van der Waals surface area contributed by atoms with Gasteiger partial charge in [-0.05, 0) is 30.3 Å². The number of fused-ring (bicyclic) bond motifs is 3. The van der Waals surface area contributed by atoms with Gasteiger partial charge in [0.15, 0.2) is 0 Å². The van der Waals surface area contributed by atoms with Crippen LogP contribution in [0.3, 0.4) is 0 Å². The van der Waals surface area contributed by atoms with Gasteiger partial charge in [-0.2, -0.15) is 0 Å². The molecule has 0 atom stereocenters. The largest absolute Gasteiger partial charge is 0.255 e. The molecule has 4 rings (SSSR count). The standard InChI is InChI=1S/C15H9N3/c1-2-5-11-10(4-1)8-14-15(17-11)9-13-12(18-14)6-3-7-16-13/h1-9H. The van der Waals surface area contributed by atoms with Crippen molar-refractivity contribution in [2.45, 2.75) is 0 Å². The third kappa shape index (κ3) is 1.34. The van der Waals surface area contributed by atoms with Crippen molar-refractivity contribution in [3.63, 3.8) is 0 Å². The Morgan fingerprint density at radius 1 is 0.611 bits per heavy atom. The van der Waals surface area contributed by atoms with Crippen LogP contribution in [0.4, 0.5) is 0 Å². The van der Waals surface area contributed by atoms with Crippen LogP contribution in [0.5, 0.6) is 0 Å². The predicted octanol–water partition coefficient (Wildman–Crippen LogP) is 3.33. The number of pyridine rings is 3. The minimum atomic E-state index is 0.882. The van der Waals surface area contributed by atoms with E-state index in [-0.39, 0.29) is 0 Å². The van der Waals surface area contributed by atoms with Crippen LogP contribution in [-0.2, 0) is 0 Å². The fourth-order valence-corrected chi connectivity index (χ4v) is 2.19. The monoisotopic (exact) mass is 231 g/mol. The van der Waals surface area contributed by atoms with E-state index in [9.17, 15) is 0 Å². The summed E-state index contributed by atoms with van der Waals surface area (Å²) in [7, 11) is 0. The van der Waals surface area contributed by atoms with Crippen LogP contribution in [0.1, 0.15) is 0 Å². The lowest BCUT2D eigenvalue weighted by molar-refractivity contribution is 1.36. The molecule has 18 heavy (non-hydrogen) atoms. The van der Waals surface area contributed by atoms with Crippen LogP contribution in [0, 0.1) is 0 Å². The van der Waals surface area contributed by atoms with E-state index >= 15 is 0 Å². The Balaban J connectivity index is 2.20. The van der Waals surface area contributed by atoms with Crippen molar-refractivity contribution < 1.29 is 0 Å². The Morgan fingerprint density at radius 2 is 1.39 bits per heavy atom. The van der Waals surface area contributed by atoms with Crippen LogP contribution in [0.25, 0.3) is 33.0 Å². The molecule has 3 nitrogen and oxygen atoms in total. The highest BCUT2D eigenvalue weighted by atomic mass is 14.8. The lowest BCUT2D eigenvalue weighted by atomic mass is 10.2. The van der Waals surface area contributed by atoms with Crippen molar-refractivity contribution >= 4 is 33.0 Å². The Kier molecular flexibility index (Phi) is 1.83. The van der Waals surface area contributed by atoms with Crippen molar-refractivity contribution in [1.82, 2.24) is 15.0 Å². The average Bonchev–Trinajstić information content (AvgIpc) is 2.42. The molecule has 0 amide bonds. The summed E-state index contributed by atoms with van der Waals surface area (Å²) in [6, 6.07) is 16.0. The molecule has 84 valence electrons. The molecule has 0 saturated heterocycles. The molecule has 0 bridgehead atoms. The van der Waals surface area contributed by atoms with Crippen molar-refractivity contribution in [3.8, 4) is 0 Å². The van der Waals surface area contributed by atoms with Gasteiger partial charge in [-0.1, -0.05) is 18.2 Å². The van der Waals surface area contributed by atoms with Gasteiger partial charge in [0.25, 0.3) is 0 Å². The van der Waals surface area contributed by atoms with Gasteiger partial charge in [0.2, 0.25) is 0 Å². The molecule has 0 fully saturated rings. The number of rotatable bonds is 0. The Morgan fingerprint density at radius 3 is 2.39 bits per heavy atom. The van der Waals surface area contributed by atoms with Crippen molar-refractivity contribution in [1.29, 1.82) is 0 Å². The minimum absolute atomic E-state index is 0.882. The lowest BCUT2D eigenvalue weighted by Crippen LogP contribution is -1.88. The second-order valence-electron chi connectivity index (χ2n) is 4.25. The Bertz CT molecular complexity index is 740. The van der Waals surface area contributed by atoms with Crippen LogP contribution >= 0.6 is 0 Å².